The lowest BCUT2D eigenvalue weighted by Crippen LogP contribution is -1.99. The molecule has 0 unspecified atom stereocenters. The summed E-state index contributed by atoms with van der Waals surface area (Å²) in [6.07, 6.45) is 2.65. The first kappa shape index (κ1) is 9.67. The fourth-order valence-corrected chi connectivity index (χ4v) is 1.14. The Bertz CT molecular complexity index is 324. The Morgan fingerprint density at radius 2 is 2.31 bits per heavy atom. The molecule has 2 N–H and O–H groups in total. The average molecular weight is 179 g/mol. The van der Waals surface area contributed by atoms with Crippen molar-refractivity contribution in [3.8, 4) is 5.75 Å². The molecular weight excluding hydrogens is 168 g/mol. The number of nitrogens with zero attached hydrogens (tertiary/aromatic N) is 2. The smallest absolute Gasteiger partial charge is 0.140 e. The second-order valence-electron chi connectivity index (χ2n) is 2.74. The van der Waals surface area contributed by atoms with Crippen LogP contribution >= 0.6 is 0 Å². The zero-order chi connectivity index (χ0) is 9.84. The molecule has 0 spiro atoms. The number of aliphatic hydroxyl groups is 1. The lowest BCUT2D eigenvalue weighted by atomic mass is 10.1. The van der Waals surface area contributed by atoms with E-state index in [2.05, 4.69) is 4.98 Å². The summed E-state index contributed by atoms with van der Waals surface area (Å²) in [5.41, 5.74) is 1.56. The van der Waals surface area contributed by atoms with Crippen molar-refractivity contribution in [2.24, 2.45) is 0 Å². The van der Waals surface area contributed by atoms with Crippen LogP contribution in [0.1, 0.15) is 16.8 Å². The van der Waals surface area contributed by atoms with Gasteiger partial charge >= 0.3 is 0 Å². The minimum Gasteiger partial charge on any atom is -0.506 e. The highest BCUT2D eigenvalue weighted by Crippen LogP contribution is 2.23. The molecule has 13 heavy (non-hydrogen) atoms. The van der Waals surface area contributed by atoms with Gasteiger partial charge in [0, 0.05) is 30.0 Å². The van der Waals surface area contributed by atoms with Gasteiger partial charge in [-0.3, -0.25) is 4.98 Å². The van der Waals surface area contributed by atoms with Crippen LogP contribution in [0.5, 0.6) is 5.75 Å². The second-order valence-corrected chi connectivity index (χ2v) is 2.74. The highest BCUT2D eigenvalue weighted by Gasteiger charge is 2.09. The van der Waals surface area contributed by atoms with Crippen molar-refractivity contribution in [1.82, 2.24) is 10.4 Å². The zero-order valence-corrected chi connectivity index (χ0v) is 7.36. The average Bonchev–Trinajstić information content (AvgIpc) is 2.14. The Hall–Kier alpha value is -1.42. The Morgan fingerprint density at radius 3 is 2.85 bits per heavy atom. The SMILES string of the molecule is Cc1ncc(CO)c(CC=[N])c1O. The largest absolute Gasteiger partial charge is 0.506 e. The summed E-state index contributed by atoms with van der Waals surface area (Å²) in [5.74, 6) is 0.0388. The molecule has 4 nitrogen and oxygen atoms in total. The Balaban J connectivity index is 3.23. The minimum absolute atomic E-state index is 0.0388. The number of hydrogen-bond donors (Lipinski definition) is 2. The van der Waals surface area contributed by atoms with Crippen LogP contribution in [0.15, 0.2) is 6.20 Å². The van der Waals surface area contributed by atoms with E-state index >= 15 is 0 Å². The van der Waals surface area contributed by atoms with Crippen LogP contribution in [-0.4, -0.2) is 21.4 Å². The van der Waals surface area contributed by atoms with Crippen molar-refractivity contribution in [3.63, 3.8) is 0 Å². The van der Waals surface area contributed by atoms with Gasteiger partial charge in [0.1, 0.15) is 5.75 Å². The molecule has 0 amide bonds. The van der Waals surface area contributed by atoms with Gasteiger partial charge < -0.3 is 10.2 Å². The van der Waals surface area contributed by atoms with Gasteiger partial charge in [0.2, 0.25) is 0 Å². The molecule has 4 heteroatoms. The molecule has 0 aliphatic rings. The van der Waals surface area contributed by atoms with Gasteiger partial charge in [-0.2, -0.15) is 5.41 Å². The van der Waals surface area contributed by atoms with Crippen molar-refractivity contribution in [3.05, 3.63) is 23.0 Å². The molecule has 0 atom stereocenters. The standard InChI is InChI=1S/C9H11N2O2/c1-6-9(13)8(2-3-10)7(5-12)4-11-6/h3-4,12-13H,2,5H2,1H3. The van der Waals surface area contributed by atoms with Crippen LogP contribution in [0, 0.1) is 6.92 Å². The number of rotatable bonds is 3. The maximum absolute atomic E-state index is 9.54. The number of aromatic hydroxyl groups is 1. The van der Waals surface area contributed by atoms with Gasteiger partial charge in [0.25, 0.3) is 0 Å². The molecule has 0 bridgehead atoms. The summed E-state index contributed by atoms with van der Waals surface area (Å²) in [6, 6.07) is 0. The molecule has 1 aromatic rings. The van der Waals surface area contributed by atoms with E-state index in [1.54, 1.807) is 6.92 Å². The van der Waals surface area contributed by atoms with Crippen LogP contribution < -0.4 is 5.41 Å². The summed E-state index contributed by atoms with van der Waals surface area (Å²) in [4.78, 5) is 3.89. The monoisotopic (exact) mass is 179 g/mol. The van der Waals surface area contributed by atoms with E-state index in [0.717, 1.165) is 6.21 Å². The van der Waals surface area contributed by atoms with Crippen LogP contribution in [0.4, 0.5) is 0 Å². The summed E-state index contributed by atoms with van der Waals surface area (Å²) < 4.78 is 0. The zero-order valence-electron chi connectivity index (χ0n) is 7.36. The molecule has 0 saturated heterocycles. The summed E-state index contributed by atoms with van der Waals surface area (Å²) in [5, 5.41) is 27.1. The van der Waals surface area contributed by atoms with Gasteiger partial charge in [-0.05, 0) is 6.92 Å². The molecule has 1 heterocycles. The predicted molar refractivity (Wildman–Crippen MR) is 48.5 cm³/mol. The quantitative estimate of drug-likeness (QED) is 0.641. The fraction of sp³-hybridized carbons (Fsp3) is 0.333. The van der Waals surface area contributed by atoms with Gasteiger partial charge in [-0.1, -0.05) is 0 Å². The Kier molecular flexibility index (Phi) is 2.97. The van der Waals surface area contributed by atoms with E-state index in [1.165, 1.54) is 6.20 Å². The third-order valence-corrected chi connectivity index (χ3v) is 1.90. The summed E-state index contributed by atoms with van der Waals surface area (Å²) >= 11 is 0. The fourth-order valence-electron chi connectivity index (χ4n) is 1.14. The third-order valence-electron chi connectivity index (χ3n) is 1.90. The minimum atomic E-state index is -0.190. The van der Waals surface area contributed by atoms with Crippen molar-refractivity contribution in [2.45, 2.75) is 20.0 Å². The molecule has 0 fully saturated rings. The second kappa shape index (κ2) is 4.00. The first-order valence-corrected chi connectivity index (χ1v) is 3.93. The predicted octanol–water partition coefficient (Wildman–Crippen LogP) is 0.00132. The third kappa shape index (κ3) is 1.84. The number of hydrogen-bond acceptors (Lipinski definition) is 3. The Labute approximate surface area is 76.4 Å². The first-order chi connectivity index (χ1) is 6.20. The van der Waals surface area contributed by atoms with Crippen molar-refractivity contribution in [2.75, 3.05) is 0 Å². The Morgan fingerprint density at radius 1 is 1.62 bits per heavy atom. The normalized spacial score (nSPS) is 10.0. The van der Waals surface area contributed by atoms with E-state index in [9.17, 15) is 5.11 Å². The van der Waals surface area contributed by atoms with Crippen LogP contribution in [0.25, 0.3) is 0 Å². The van der Waals surface area contributed by atoms with E-state index in [-0.39, 0.29) is 18.8 Å². The topological polar surface area (TPSA) is 75.7 Å². The number of aliphatic hydroxyl groups excluding tert-OH is 1. The number of pyridine rings is 1. The van der Waals surface area contributed by atoms with E-state index in [1.807, 2.05) is 0 Å². The van der Waals surface area contributed by atoms with Crippen molar-refractivity contribution < 1.29 is 10.2 Å². The van der Waals surface area contributed by atoms with Gasteiger partial charge in [-0.25, -0.2) is 0 Å². The lowest BCUT2D eigenvalue weighted by Gasteiger charge is -2.08. The van der Waals surface area contributed by atoms with Gasteiger partial charge in [-0.15, -0.1) is 0 Å². The molecule has 0 aromatic carbocycles. The molecule has 1 radical (unpaired) electrons. The highest BCUT2D eigenvalue weighted by molar-refractivity contribution is 5.62. The van der Waals surface area contributed by atoms with Crippen LogP contribution in [-0.2, 0) is 13.0 Å². The summed E-state index contributed by atoms with van der Waals surface area (Å²) in [6.45, 7) is 1.47. The molecule has 0 saturated carbocycles. The van der Waals surface area contributed by atoms with Crippen LogP contribution in [0.2, 0.25) is 0 Å². The molecule has 1 rings (SSSR count). The van der Waals surface area contributed by atoms with Crippen molar-refractivity contribution >= 4 is 6.21 Å². The maximum atomic E-state index is 9.54. The molecule has 69 valence electrons. The molecule has 0 aliphatic carbocycles. The molecular formula is C9H11N2O2. The van der Waals surface area contributed by atoms with Crippen LogP contribution in [0.3, 0.4) is 0 Å². The van der Waals surface area contributed by atoms with E-state index in [4.69, 9.17) is 10.5 Å². The van der Waals surface area contributed by atoms with E-state index < -0.39 is 0 Å². The highest BCUT2D eigenvalue weighted by atomic mass is 16.3. The first-order valence-electron chi connectivity index (χ1n) is 3.93. The van der Waals surface area contributed by atoms with E-state index in [0.29, 0.717) is 16.8 Å². The number of aryl methyl sites for hydroxylation is 1. The number of aromatic nitrogens is 1. The lowest BCUT2D eigenvalue weighted by molar-refractivity contribution is 0.279. The maximum Gasteiger partial charge on any atom is 0.140 e. The summed E-state index contributed by atoms with van der Waals surface area (Å²) in [7, 11) is 0. The van der Waals surface area contributed by atoms with Crippen molar-refractivity contribution in [1.29, 1.82) is 0 Å². The van der Waals surface area contributed by atoms with Gasteiger partial charge in [0.15, 0.2) is 0 Å². The molecule has 1 aromatic heterocycles. The molecule has 0 aliphatic heterocycles. The van der Waals surface area contributed by atoms with Gasteiger partial charge in [0.05, 0.1) is 12.3 Å².